The number of benzene rings is 1. The molecule has 0 aliphatic rings. The second-order valence-corrected chi connectivity index (χ2v) is 7.83. The first-order chi connectivity index (χ1) is 16.7. The van der Waals surface area contributed by atoms with E-state index in [1.54, 1.807) is 32.3 Å². The standard InChI is InChI=1S/C24H22F4N6O/c1-4-15-11-32-21(24(26,27)28)18(25)20(15)35-17-6-5-16(13(2)14(17)3)7-8-30-22-19-23(34-12-33-22)31-10-9-29-19/h5-6,9-12H,4,7-8H2,1-3H3,(H,30,31,33,34). The molecule has 4 aromatic rings. The molecule has 3 aromatic heterocycles. The Morgan fingerprint density at radius 2 is 1.71 bits per heavy atom. The first-order valence-corrected chi connectivity index (χ1v) is 10.9. The Morgan fingerprint density at radius 3 is 2.46 bits per heavy atom. The summed E-state index contributed by atoms with van der Waals surface area (Å²) in [5.41, 5.74) is 2.30. The minimum atomic E-state index is -4.92. The molecule has 0 amide bonds. The Kier molecular flexibility index (Phi) is 6.77. The highest BCUT2D eigenvalue weighted by Crippen LogP contribution is 2.38. The number of pyridine rings is 1. The summed E-state index contributed by atoms with van der Waals surface area (Å²) in [5.74, 6) is -1.12. The minimum Gasteiger partial charge on any atom is -0.454 e. The van der Waals surface area contributed by atoms with Crippen molar-refractivity contribution in [2.24, 2.45) is 0 Å². The topological polar surface area (TPSA) is 85.7 Å². The molecule has 7 nitrogen and oxygen atoms in total. The average Bonchev–Trinajstić information content (AvgIpc) is 2.83. The number of nitrogens with one attached hydrogen (secondary N) is 1. The predicted octanol–water partition coefficient (Wildman–Crippen LogP) is 5.60. The highest BCUT2D eigenvalue weighted by atomic mass is 19.4. The maximum Gasteiger partial charge on any atom is 0.436 e. The molecule has 0 fully saturated rings. The largest absolute Gasteiger partial charge is 0.454 e. The molecular formula is C24H22F4N6O. The molecule has 11 heteroatoms. The molecule has 3 heterocycles. The van der Waals surface area contributed by atoms with Crippen LogP contribution in [0, 0.1) is 19.7 Å². The van der Waals surface area contributed by atoms with Gasteiger partial charge in [0.25, 0.3) is 0 Å². The van der Waals surface area contributed by atoms with Gasteiger partial charge in [-0.05, 0) is 49.4 Å². The molecule has 182 valence electrons. The van der Waals surface area contributed by atoms with Crippen molar-refractivity contribution in [3.8, 4) is 11.5 Å². The molecule has 0 spiro atoms. The molecule has 0 radical (unpaired) electrons. The number of aromatic nitrogens is 5. The first-order valence-electron chi connectivity index (χ1n) is 10.9. The van der Waals surface area contributed by atoms with Gasteiger partial charge >= 0.3 is 6.18 Å². The number of aryl methyl sites for hydroxylation is 1. The van der Waals surface area contributed by atoms with E-state index in [4.69, 9.17) is 4.74 Å². The Balaban J connectivity index is 1.54. The number of nitrogens with zero attached hydrogens (tertiary/aromatic N) is 5. The van der Waals surface area contributed by atoms with E-state index in [1.165, 1.54) is 6.33 Å². The summed E-state index contributed by atoms with van der Waals surface area (Å²) >= 11 is 0. The van der Waals surface area contributed by atoms with Gasteiger partial charge in [-0.25, -0.2) is 29.3 Å². The number of ether oxygens (including phenoxy) is 1. The molecule has 0 aliphatic heterocycles. The van der Waals surface area contributed by atoms with Gasteiger partial charge in [-0.1, -0.05) is 13.0 Å². The third-order valence-corrected chi connectivity index (χ3v) is 5.72. The van der Waals surface area contributed by atoms with E-state index in [-0.39, 0.29) is 17.7 Å². The van der Waals surface area contributed by atoms with Crippen LogP contribution in [-0.2, 0) is 19.0 Å². The maximum atomic E-state index is 14.7. The van der Waals surface area contributed by atoms with Gasteiger partial charge in [0.15, 0.2) is 28.7 Å². The molecule has 1 N–H and O–H groups in total. The number of rotatable bonds is 7. The molecule has 1 aromatic carbocycles. The van der Waals surface area contributed by atoms with Crippen LogP contribution in [0.2, 0.25) is 0 Å². The van der Waals surface area contributed by atoms with Gasteiger partial charge in [-0.15, -0.1) is 0 Å². The number of hydrogen-bond acceptors (Lipinski definition) is 7. The predicted molar refractivity (Wildman–Crippen MR) is 122 cm³/mol. The number of halogens is 4. The fourth-order valence-corrected chi connectivity index (χ4v) is 3.65. The Bertz CT molecular complexity index is 1370. The number of alkyl halides is 3. The van der Waals surface area contributed by atoms with Crippen LogP contribution >= 0.6 is 0 Å². The van der Waals surface area contributed by atoms with Crippen LogP contribution < -0.4 is 10.1 Å². The van der Waals surface area contributed by atoms with Gasteiger partial charge in [0.2, 0.25) is 0 Å². The lowest BCUT2D eigenvalue weighted by Gasteiger charge is -2.18. The Morgan fingerprint density at radius 1 is 0.943 bits per heavy atom. The molecule has 0 aliphatic carbocycles. The van der Waals surface area contributed by atoms with Gasteiger partial charge in [0.05, 0.1) is 0 Å². The van der Waals surface area contributed by atoms with Crippen LogP contribution in [0.1, 0.15) is 34.9 Å². The van der Waals surface area contributed by atoms with E-state index in [0.717, 1.165) is 17.3 Å². The van der Waals surface area contributed by atoms with E-state index in [0.29, 0.717) is 35.5 Å². The highest BCUT2D eigenvalue weighted by Gasteiger charge is 2.38. The monoisotopic (exact) mass is 486 g/mol. The molecule has 0 unspecified atom stereocenters. The Hall–Kier alpha value is -3.89. The number of hydrogen-bond donors (Lipinski definition) is 1. The molecule has 0 atom stereocenters. The average molecular weight is 486 g/mol. The molecule has 35 heavy (non-hydrogen) atoms. The van der Waals surface area contributed by atoms with Crippen molar-refractivity contribution in [3.63, 3.8) is 0 Å². The minimum absolute atomic E-state index is 0.251. The second-order valence-electron chi connectivity index (χ2n) is 7.83. The van der Waals surface area contributed by atoms with E-state index in [9.17, 15) is 17.6 Å². The molecule has 0 saturated heterocycles. The molecule has 4 rings (SSSR count). The lowest BCUT2D eigenvalue weighted by Crippen LogP contribution is -2.13. The fourth-order valence-electron chi connectivity index (χ4n) is 3.65. The van der Waals surface area contributed by atoms with Crippen molar-refractivity contribution in [2.75, 3.05) is 11.9 Å². The maximum absolute atomic E-state index is 14.7. The van der Waals surface area contributed by atoms with Crippen LogP contribution in [0.5, 0.6) is 11.5 Å². The van der Waals surface area contributed by atoms with Crippen molar-refractivity contribution < 1.29 is 22.3 Å². The normalized spacial score (nSPS) is 11.6. The molecule has 0 saturated carbocycles. The SMILES string of the molecule is CCc1cnc(C(F)(F)F)c(F)c1Oc1ccc(CCNc2ncnc3nccnc23)c(C)c1C. The summed E-state index contributed by atoms with van der Waals surface area (Å²) in [6, 6.07) is 3.45. The second kappa shape index (κ2) is 9.77. The van der Waals surface area contributed by atoms with Crippen LogP contribution in [0.4, 0.5) is 23.4 Å². The van der Waals surface area contributed by atoms with Crippen molar-refractivity contribution in [3.05, 3.63) is 70.8 Å². The third kappa shape index (κ3) is 4.98. The number of fused-ring (bicyclic) bond motifs is 1. The van der Waals surface area contributed by atoms with Crippen LogP contribution in [0.25, 0.3) is 11.2 Å². The summed E-state index contributed by atoms with van der Waals surface area (Å²) < 4.78 is 59.9. The van der Waals surface area contributed by atoms with Crippen LogP contribution in [0.15, 0.2) is 37.1 Å². The van der Waals surface area contributed by atoms with Gasteiger partial charge < -0.3 is 10.1 Å². The first kappa shape index (κ1) is 24.2. The lowest BCUT2D eigenvalue weighted by molar-refractivity contribution is -0.143. The van der Waals surface area contributed by atoms with Crippen molar-refractivity contribution in [2.45, 2.75) is 39.8 Å². The zero-order chi connectivity index (χ0) is 25.2. The van der Waals surface area contributed by atoms with Crippen molar-refractivity contribution in [1.82, 2.24) is 24.9 Å². The molecular weight excluding hydrogens is 464 g/mol. The Labute approximate surface area is 198 Å². The fraction of sp³-hybridized carbons (Fsp3) is 0.292. The number of anilines is 1. The van der Waals surface area contributed by atoms with E-state index < -0.39 is 23.4 Å². The van der Waals surface area contributed by atoms with Gasteiger partial charge in [0, 0.05) is 30.7 Å². The zero-order valence-electron chi connectivity index (χ0n) is 19.2. The lowest BCUT2D eigenvalue weighted by atomic mass is 10.00. The molecule has 0 bridgehead atoms. The quantitative estimate of drug-likeness (QED) is 0.341. The summed E-state index contributed by atoms with van der Waals surface area (Å²) in [4.78, 5) is 20.0. The zero-order valence-corrected chi connectivity index (χ0v) is 19.2. The summed E-state index contributed by atoms with van der Waals surface area (Å²) in [6.45, 7) is 5.90. The van der Waals surface area contributed by atoms with E-state index in [2.05, 4.69) is 30.2 Å². The van der Waals surface area contributed by atoms with Crippen LogP contribution in [0.3, 0.4) is 0 Å². The van der Waals surface area contributed by atoms with Gasteiger partial charge in [0.1, 0.15) is 17.6 Å². The van der Waals surface area contributed by atoms with Crippen molar-refractivity contribution in [1.29, 1.82) is 0 Å². The van der Waals surface area contributed by atoms with E-state index in [1.807, 2.05) is 13.0 Å². The summed E-state index contributed by atoms with van der Waals surface area (Å²) in [5, 5.41) is 3.23. The van der Waals surface area contributed by atoms with E-state index >= 15 is 0 Å². The highest BCUT2D eigenvalue weighted by molar-refractivity contribution is 5.81. The van der Waals surface area contributed by atoms with Gasteiger partial charge in [-0.2, -0.15) is 13.2 Å². The summed E-state index contributed by atoms with van der Waals surface area (Å²) in [6.07, 6.45) is 1.51. The third-order valence-electron chi connectivity index (χ3n) is 5.72. The smallest absolute Gasteiger partial charge is 0.436 e. The van der Waals surface area contributed by atoms with Gasteiger partial charge in [-0.3, -0.25) is 0 Å². The summed E-state index contributed by atoms with van der Waals surface area (Å²) in [7, 11) is 0. The van der Waals surface area contributed by atoms with Crippen molar-refractivity contribution >= 4 is 17.0 Å². The van der Waals surface area contributed by atoms with Crippen LogP contribution in [-0.4, -0.2) is 31.5 Å².